The molecule has 5 heteroatoms. The lowest BCUT2D eigenvalue weighted by Gasteiger charge is -2.54. The van der Waals surface area contributed by atoms with Gasteiger partial charge in [-0.05, 0) is 55.8 Å². The lowest BCUT2D eigenvalue weighted by atomic mass is 9.54. The number of carbonyl (C=O) groups excluding carboxylic acids is 1. The third kappa shape index (κ3) is 1.93. The Bertz CT molecular complexity index is 311. The minimum absolute atomic E-state index is 0.225. The van der Waals surface area contributed by atoms with Gasteiger partial charge in [-0.25, -0.2) is 0 Å². The molecule has 0 saturated heterocycles. The predicted molar refractivity (Wildman–Crippen MR) is 55.0 cm³/mol. The third-order valence-corrected chi connectivity index (χ3v) is 4.78. The van der Waals surface area contributed by atoms with Crippen LogP contribution in [0.4, 0.5) is 13.2 Å². The van der Waals surface area contributed by atoms with Crippen molar-refractivity contribution in [2.24, 2.45) is 23.7 Å². The molecule has 4 aliphatic carbocycles. The summed E-state index contributed by atoms with van der Waals surface area (Å²) in [5.74, 6) is 0.234. The van der Waals surface area contributed by atoms with Crippen molar-refractivity contribution in [2.75, 3.05) is 0 Å². The zero-order chi connectivity index (χ0) is 12.2. The van der Waals surface area contributed by atoms with Crippen LogP contribution in [0.25, 0.3) is 0 Å². The summed E-state index contributed by atoms with van der Waals surface area (Å²) in [6.07, 6.45) is 0.554. The maximum absolute atomic E-state index is 12.3. The average molecular weight is 247 g/mol. The number of alkyl halides is 3. The molecule has 0 aliphatic heterocycles. The van der Waals surface area contributed by atoms with Gasteiger partial charge in [0.05, 0.1) is 0 Å². The fraction of sp³-hybridized carbons (Fsp3) is 0.917. The van der Waals surface area contributed by atoms with Crippen molar-refractivity contribution in [3.63, 3.8) is 0 Å². The van der Waals surface area contributed by atoms with E-state index in [1.54, 1.807) is 0 Å². The highest BCUT2D eigenvalue weighted by Crippen LogP contribution is 2.53. The second-order valence-electron chi connectivity index (χ2n) is 5.93. The minimum Gasteiger partial charge on any atom is -0.345 e. The predicted octanol–water partition coefficient (Wildman–Crippen LogP) is 2.49. The van der Waals surface area contributed by atoms with E-state index in [0.717, 1.165) is 25.7 Å². The number of halogens is 3. The fourth-order valence-electron chi connectivity index (χ4n) is 4.39. The summed E-state index contributed by atoms with van der Waals surface area (Å²) in [5.41, 5.74) is 0. The molecule has 4 aliphatic rings. The number of hydrogen-bond donors (Lipinski definition) is 1. The molecule has 4 rings (SSSR count). The van der Waals surface area contributed by atoms with E-state index in [-0.39, 0.29) is 17.9 Å². The first-order valence-electron chi connectivity index (χ1n) is 6.31. The van der Waals surface area contributed by atoms with Crippen LogP contribution in [0, 0.1) is 23.7 Å². The van der Waals surface area contributed by atoms with Gasteiger partial charge in [0.2, 0.25) is 0 Å². The standard InChI is InChI=1S/C12H16F3NO/c13-12(14,15)11(17)16-10-8-2-6-1-7(4-8)5-9(10)3-6/h6-10H,1-5H2,(H,16,17). The lowest BCUT2D eigenvalue weighted by molar-refractivity contribution is -0.176. The van der Waals surface area contributed by atoms with Crippen molar-refractivity contribution < 1.29 is 18.0 Å². The summed E-state index contributed by atoms with van der Waals surface area (Å²) in [5, 5.41) is 2.24. The molecule has 4 fully saturated rings. The molecule has 1 amide bonds. The molecule has 1 N–H and O–H groups in total. The van der Waals surface area contributed by atoms with E-state index >= 15 is 0 Å². The summed E-state index contributed by atoms with van der Waals surface area (Å²) in [6.45, 7) is 0. The largest absolute Gasteiger partial charge is 0.471 e. The van der Waals surface area contributed by atoms with Gasteiger partial charge in [0.15, 0.2) is 0 Å². The molecule has 2 nitrogen and oxygen atoms in total. The first kappa shape index (κ1) is 11.4. The number of rotatable bonds is 1. The maximum Gasteiger partial charge on any atom is 0.471 e. The van der Waals surface area contributed by atoms with E-state index in [4.69, 9.17) is 0 Å². The monoisotopic (exact) mass is 247 g/mol. The van der Waals surface area contributed by atoms with E-state index in [1.165, 1.54) is 6.42 Å². The van der Waals surface area contributed by atoms with Crippen molar-refractivity contribution >= 4 is 5.91 Å². The zero-order valence-electron chi connectivity index (χ0n) is 9.46. The van der Waals surface area contributed by atoms with Crippen molar-refractivity contribution in [1.29, 1.82) is 0 Å². The van der Waals surface area contributed by atoms with Crippen LogP contribution in [-0.4, -0.2) is 18.1 Å². The average Bonchev–Trinajstić information content (AvgIpc) is 2.20. The van der Waals surface area contributed by atoms with Crippen LogP contribution in [0.3, 0.4) is 0 Å². The van der Waals surface area contributed by atoms with E-state index < -0.39 is 12.1 Å². The molecular weight excluding hydrogens is 231 g/mol. The lowest BCUT2D eigenvalue weighted by Crippen LogP contribution is -2.57. The normalized spacial score (nSPS) is 43.8. The molecule has 0 aromatic rings. The molecule has 0 aromatic carbocycles. The molecule has 0 heterocycles. The van der Waals surface area contributed by atoms with Gasteiger partial charge < -0.3 is 5.32 Å². The van der Waals surface area contributed by atoms with E-state index in [1.807, 2.05) is 0 Å². The molecular formula is C12H16F3NO. The van der Waals surface area contributed by atoms with Crippen LogP contribution >= 0.6 is 0 Å². The van der Waals surface area contributed by atoms with Crippen molar-refractivity contribution in [3.05, 3.63) is 0 Å². The highest BCUT2D eigenvalue weighted by Gasteiger charge is 2.50. The van der Waals surface area contributed by atoms with Gasteiger partial charge in [0, 0.05) is 6.04 Å². The Morgan fingerprint density at radius 3 is 1.82 bits per heavy atom. The Hall–Kier alpha value is -0.740. The van der Waals surface area contributed by atoms with Crippen LogP contribution in [0.15, 0.2) is 0 Å². The summed E-state index contributed by atoms with van der Waals surface area (Å²) in [7, 11) is 0. The maximum atomic E-state index is 12.3. The Kier molecular flexibility index (Phi) is 2.42. The van der Waals surface area contributed by atoms with Gasteiger partial charge in [-0.15, -0.1) is 0 Å². The van der Waals surface area contributed by atoms with Crippen LogP contribution in [-0.2, 0) is 4.79 Å². The smallest absolute Gasteiger partial charge is 0.345 e. The molecule has 4 saturated carbocycles. The second kappa shape index (κ2) is 3.62. The Labute approximate surface area is 97.9 Å². The summed E-state index contributed by atoms with van der Waals surface area (Å²) in [4.78, 5) is 11.0. The Morgan fingerprint density at radius 1 is 0.941 bits per heavy atom. The fourth-order valence-corrected chi connectivity index (χ4v) is 4.39. The molecule has 17 heavy (non-hydrogen) atoms. The second-order valence-corrected chi connectivity index (χ2v) is 5.93. The Morgan fingerprint density at radius 2 is 1.41 bits per heavy atom. The molecule has 0 spiro atoms. The van der Waals surface area contributed by atoms with Gasteiger partial charge in [-0.2, -0.15) is 13.2 Å². The van der Waals surface area contributed by atoms with Gasteiger partial charge in [-0.3, -0.25) is 4.79 Å². The van der Waals surface area contributed by atoms with E-state index in [2.05, 4.69) is 5.32 Å². The Balaban J connectivity index is 1.70. The molecule has 0 atom stereocenters. The van der Waals surface area contributed by atoms with Gasteiger partial charge >= 0.3 is 12.1 Å². The minimum atomic E-state index is -4.74. The highest BCUT2D eigenvalue weighted by molar-refractivity contribution is 5.82. The number of carbonyl (C=O) groups is 1. The number of amides is 1. The van der Waals surface area contributed by atoms with Crippen molar-refractivity contribution in [2.45, 2.75) is 44.3 Å². The van der Waals surface area contributed by atoms with Crippen LogP contribution in [0.2, 0.25) is 0 Å². The quantitative estimate of drug-likeness (QED) is 0.757. The van der Waals surface area contributed by atoms with Gasteiger partial charge in [0.25, 0.3) is 0 Å². The van der Waals surface area contributed by atoms with Crippen LogP contribution in [0.5, 0.6) is 0 Å². The van der Waals surface area contributed by atoms with E-state index in [9.17, 15) is 18.0 Å². The first-order chi connectivity index (χ1) is 7.93. The van der Waals surface area contributed by atoms with Crippen LogP contribution in [0.1, 0.15) is 32.1 Å². The summed E-state index contributed by atoms with van der Waals surface area (Å²) >= 11 is 0. The summed E-state index contributed by atoms with van der Waals surface area (Å²) < 4.78 is 36.8. The first-order valence-corrected chi connectivity index (χ1v) is 6.31. The molecule has 0 aromatic heterocycles. The van der Waals surface area contributed by atoms with Crippen LogP contribution < -0.4 is 5.32 Å². The molecule has 96 valence electrons. The van der Waals surface area contributed by atoms with Gasteiger partial charge in [0.1, 0.15) is 0 Å². The van der Waals surface area contributed by atoms with Gasteiger partial charge in [-0.1, -0.05) is 0 Å². The number of nitrogens with one attached hydrogen (secondary N) is 1. The topological polar surface area (TPSA) is 29.1 Å². The van der Waals surface area contributed by atoms with E-state index in [0.29, 0.717) is 11.8 Å². The van der Waals surface area contributed by atoms with Crippen molar-refractivity contribution in [3.8, 4) is 0 Å². The highest BCUT2D eigenvalue weighted by atomic mass is 19.4. The summed E-state index contributed by atoms with van der Waals surface area (Å²) in [6, 6.07) is -0.225. The zero-order valence-corrected chi connectivity index (χ0v) is 9.46. The number of hydrogen-bond acceptors (Lipinski definition) is 1. The SMILES string of the molecule is O=C(NC1C2CC3CC(C2)CC1C3)C(F)(F)F. The molecule has 0 radical (unpaired) electrons. The van der Waals surface area contributed by atoms with Crippen molar-refractivity contribution in [1.82, 2.24) is 5.32 Å². The molecule has 4 bridgehead atoms. The molecule has 0 unspecified atom stereocenters. The third-order valence-electron chi connectivity index (χ3n) is 4.78.